The zero-order chi connectivity index (χ0) is 15.7. The second kappa shape index (κ2) is 5.66. The van der Waals surface area contributed by atoms with Gasteiger partial charge in [0.25, 0.3) is 0 Å². The molecule has 0 amide bonds. The lowest BCUT2D eigenvalue weighted by Crippen LogP contribution is -2.38. The highest BCUT2D eigenvalue weighted by Gasteiger charge is 2.31. The number of hydrogen-bond donors (Lipinski definition) is 1. The van der Waals surface area contributed by atoms with E-state index in [0.29, 0.717) is 11.5 Å². The Hall–Kier alpha value is -2.58. The quantitative estimate of drug-likeness (QED) is 0.500. The number of rotatable bonds is 1. The first-order chi connectivity index (χ1) is 10.7. The maximum Gasteiger partial charge on any atom is 0.238 e. The summed E-state index contributed by atoms with van der Waals surface area (Å²) in [5.74, 6) is 3.26. The normalized spacial score (nSPS) is 17.3. The van der Waals surface area contributed by atoms with Crippen LogP contribution in [0.4, 0.5) is 5.69 Å². The van der Waals surface area contributed by atoms with Crippen molar-refractivity contribution < 1.29 is 4.74 Å². The molecule has 1 atom stereocenters. The highest BCUT2D eigenvalue weighted by Crippen LogP contribution is 2.33. The first-order valence-corrected chi connectivity index (χ1v) is 7.73. The second-order valence-corrected chi connectivity index (χ2v) is 5.98. The van der Waals surface area contributed by atoms with Crippen molar-refractivity contribution in [3.8, 4) is 12.3 Å². The van der Waals surface area contributed by atoms with Crippen LogP contribution in [-0.2, 0) is 0 Å². The lowest BCUT2D eigenvalue weighted by atomic mass is 10.1. The molecule has 0 spiro atoms. The molecule has 0 bridgehead atoms. The number of aliphatic imine (C=N–C) groups is 1. The number of likely N-dealkylation sites (N-methyl/N-ethyl adjacent to an activating group) is 1. The minimum atomic E-state index is -0.394. The Balaban J connectivity index is 2.31. The van der Waals surface area contributed by atoms with Gasteiger partial charge in [-0.15, -0.1) is 17.8 Å². The van der Waals surface area contributed by atoms with Gasteiger partial charge in [-0.3, -0.25) is 0 Å². The fraction of sp³-hybridized carbons (Fsp3) is 0.176. The van der Waals surface area contributed by atoms with Crippen molar-refractivity contribution in [2.75, 3.05) is 7.05 Å². The van der Waals surface area contributed by atoms with E-state index in [4.69, 9.17) is 6.42 Å². The number of terminal acetylenes is 1. The van der Waals surface area contributed by atoms with Crippen LogP contribution in [0, 0.1) is 17.6 Å². The third-order valence-electron chi connectivity index (χ3n) is 3.58. The number of hydroxylamine groups is 1. The van der Waals surface area contributed by atoms with Gasteiger partial charge in [0.1, 0.15) is 4.88 Å². The van der Waals surface area contributed by atoms with Crippen molar-refractivity contribution in [3.63, 3.8) is 0 Å². The van der Waals surface area contributed by atoms with Gasteiger partial charge in [-0.25, -0.2) is 4.99 Å². The molecule has 1 unspecified atom stereocenters. The molecule has 0 aliphatic carbocycles. The van der Waals surface area contributed by atoms with Crippen LogP contribution >= 0.6 is 11.3 Å². The van der Waals surface area contributed by atoms with Crippen LogP contribution in [0.3, 0.4) is 0 Å². The van der Waals surface area contributed by atoms with E-state index in [9.17, 15) is 5.21 Å². The monoisotopic (exact) mass is 309 g/mol. The number of amidine groups is 1. The Morgan fingerprint density at radius 1 is 1.36 bits per heavy atom. The van der Waals surface area contributed by atoms with Crippen molar-refractivity contribution in [1.29, 1.82) is 0 Å². The van der Waals surface area contributed by atoms with Crippen molar-refractivity contribution in [2.45, 2.75) is 13.0 Å². The molecule has 1 aliphatic heterocycles. The van der Waals surface area contributed by atoms with Crippen LogP contribution in [0.2, 0.25) is 0 Å². The zero-order valence-corrected chi connectivity index (χ0v) is 13.1. The number of nitrogens with zero attached hydrogens (tertiary/aromatic N) is 2. The average Bonchev–Trinajstić information content (AvgIpc) is 2.92. The van der Waals surface area contributed by atoms with Gasteiger partial charge in [-0.05, 0) is 18.2 Å². The third-order valence-corrected chi connectivity index (χ3v) is 4.64. The smallest absolute Gasteiger partial charge is 0.238 e. The topological polar surface area (TPSA) is 50.5 Å². The van der Waals surface area contributed by atoms with E-state index in [1.807, 2.05) is 43.3 Å². The van der Waals surface area contributed by atoms with E-state index in [0.717, 1.165) is 25.7 Å². The molecular formula is C17H15N3OS. The lowest BCUT2D eigenvalue weighted by molar-refractivity contribution is -0.475. The van der Waals surface area contributed by atoms with E-state index in [1.54, 1.807) is 7.05 Å². The van der Waals surface area contributed by atoms with Crippen LogP contribution in [0.25, 0.3) is 0 Å². The predicted octanol–water partition coefficient (Wildman–Crippen LogP) is 2.73. The van der Waals surface area contributed by atoms with Gasteiger partial charge in [0, 0.05) is 19.5 Å². The summed E-state index contributed by atoms with van der Waals surface area (Å²) in [6.45, 7) is 1.84. The fourth-order valence-electron chi connectivity index (χ4n) is 2.45. The number of benzene rings is 1. The summed E-state index contributed by atoms with van der Waals surface area (Å²) in [5.41, 5.74) is 2.22. The van der Waals surface area contributed by atoms with E-state index in [-0.39, 0.29) is 0 Å². The molecule has 0 fully saturated rings. The molecule has 0 saturated heterocycles. The molecule has 0 radical (unpaired) electrons. The van der Waals surface area contributed by atoms with Crippen LogP contribution in [0.5, 0.6) is 0 Å². The van der Waals surface area contributed by atoms with Crippen LogP contribution < -0.4 is 5.32 Å². The van der Waals surface area contributed by atoms with Crippen LogP contribution in [0.15, 0.2) is 41.4 Å². The minimum absolute atomic E-state index is 0.394. The SMILES string of the molecule is C#Cc1cc2c(s1)C(c1ccccc1)=[N+]([O-])C(C)C(NC)=N2. The number of hydrogen-bond acceptors (Lipinski definition) is 4. The molecule has 1 aliphatic rings. The van der Waals surface area contributed by atoms with Crippen LogP contribution in [-0.4, -0.2) is 29.4 Å². The maximum atomic E-state index is 12.9. The fourth-order valence-corrected chi connectivity index (χ4v) is 3.42. The van der Waals surface area contributed by atoms with Gasteiger partial charge in [0.15, 0.2) is 5.84 Å². The minimum Gasteiger partial charge on any atom is -0.623 e. The van der Waals surface area contributed by atoms with Gasteiger partial charge >= 0.3 is 0 Å². The van der Waals surface area contributed by atoms with Crippen molar-refractivity contribution in [3.05, 3.63) is 56.9 Å². The third kappa shape index (κ3) is 2.28. The molecule has 2 aromatic rings. The molecule has 0 saturated carbocycles. The first-order valence-electron chi connectivity index (χ1n) is 6.91. The molecule has 110 valence electrons. The molecular weight excluding hydrogens is 294 g/mol. The molecule has 1 N–H and O–H groups in total. The predicted molar refractivity (Wildman–Crippen MR) is 91.2 cm³/mol. The highest BCUT2D eigenvalue weighted by atomic mass is 32.1. The number of fused-ring (bicyclic) bond motifs is 1. The summed E-state index contributed by atoms with van der Waals surface area (Å²) >= 11 is 1.42. The molecule has 5 heteroatoms. The summed E-state index contributed by atoms with van der Waals surface area (Å²) in [6, 6.07) is 11.1. The largest absolute Gasteiger partial charge is 0.623 e. The molecule has 3 rings (SSSR count). The summed E-state index contributed by atoms with van der Waals surface area (Å²) in [6.07, 6.45) is 5.51. The van der Waals surface area contributed by atoms with E-state index in [1.165, 1.54) is 11.3 Å². The Labute approximate surface area is 133 Å². The Kier molecular flexibility index (Phi) is 3.70. The Morgan fingerprint density at radius 2 is 2.09 bits per heavy atom. The number of nitrogens with one attached hydrogen (secondary N) is 1. The van der Waals surface area contributed by atoms with Crippen molar-refractivity contribution in [2.24, 2.45) is 4.99 Å². The molecule has 1 aromatic carbocycles. The van der Waals surface area contributed by atoms with E-state index >= 15 is 0 Å². The molecule has 2 heterocycles. The maximum absolute atomic E-state index is 12.9. The zero-order valence-electron chi connectivity index (χ0n) is 12.3. The Bertz CT molecular complexity index is 812. The molecule has 22 heavy (non-hydrogen) atoms. The van der Waals surface area contributed by atoms with Gasteiger partial charge < -0.3 is 10.5 Å². The van der Waals surface area contributed by atoms with Gasteiger partial charge in [-0.1, -0.05) is 24.1 Å². The second-order valence-electron chi connectivity index (χ2n) is 4.93. The first kappa shape index (κ1) is 14.4. The molecule has 1 aromatic heterocycles. The lowest BCUT2D eigenvalue weighted by Gasteiger charge is -2.15. The molecule has 4 nitrogen and oxygen atoms in total. The Morgan fingerprint density at radius 3 is 2.73 bits per heavy atom. The summed E-state index contributed by atoms with van der Waals surface area (Å²) in [4.78, 5) is 6.17. The van der Waals surface area contributed by atoms with Gasteiger partial charge in [-0.2, -0.15) is 4.74 Å². The standard InChI is InChI=1S/C17H15N3OS/c1-4-13-10-14-16(22-13)15(12-8-6-5-7-9-12)20(21)11(2)17(18-3)19-14/h1,5-11H,2-3H3,(H,18,19). The highest BCUT2D eigenvalue weighted by molar-refractivity contribution is 7.15. The van der Waals surface area contributed by atoms with E-state index in [2.05, 4.69) is 16.2 Å². The van der Waals surface area contributed by atoms with Gasteiger partial charge in [0.2, 0.25) is 11.8 Å². The van der Waals surface area contributed by atoms with Gasteiger partial charge in [0.05, 0.1) is 10.6 Å². The summed E-state index contributed by atoms with van der Waals surface area (Å²) in [7, 11) is 1.77. The van der Waals surface area contributed by atoms with Crippen molar-refractivity contribution in [1.82, 2.24) is 5.32 Å². The summed E-state index contributed by atoms with van der Waals surface area (Å²) in [5, 5.41) is 15.9. The average molecular weight is 309 g/mol. The number of thiophene rings is 1. The van der Waals surface area contributed by atoms with Crippen LogP contribution in [0.1, 0.15) is 22.2 Å². The van der Waals surface area contributed by atoms with Crippen molar-refractivity contribution >= 4 is 28.6 Å². The summed E-state index contributed by atoms with van der Waals surface area (Å²) < 4.78 is 1.01. The van der Waals surface area contributed by atoms with E-state index < -0.39 is 6.04 Å².